The number of fused-ring (bicyclic) bond motifs is 1. The van der Waals surface area contributed by atoms with E-state index in [4.69, 9.17) is 0 Å². The zero-order chi connectivity index (χ0) is 12.5. The molecule has 0 atom stereocenters. The van der Waals surface area contributed by atoms with E-state index in [1.807, 2.05) is 42.5 Å². The first-order valence-electron chi connectivity index (χ1n) is 5.93. The summed E-state index contributed by atoms with van der Waals surface area (Å²) < 4.78 is 0. The molecule has 2 nitrogen and oxygen atoms in total. The number of para-hydroxylation sites is 1. The monoisotopic (exact) mass is 235 g/mol. The summed E-state index contributed by atoms with van der Waals surface area (Å²) in [7, 11) is 0. The van der Waals surface area contributed by atoms with E-state index < -0.39 is 0 Å². The molecule has 0 amide bonds. The molecule has 0 saturated heterocycles. The van der Waals surface area contributed by atoms with Crippen LogP contribution in [0.15, 0.2) is 54.6 Å². The Hall–Kier alpha value is -2.35. The van der Waals surface area contributed by atoms with E-state index in [-0.39, 0.29) is 5.78 Å². The Labute approximate surface area is 105 Å². The number of carbonyl (C=O) groups excluding carboxylic acids is 1. The fraction of sp³-hybridized carbons (Fsp3) is 0.0625. The molecular formula is C16H13NO. The lowest BCUT2D eigenvalue weighted by molar-refractivity contribution is 0.101. The summed E-state index contributed by atoms with van der Waals surface area (Å²) in [4.78, 5) is 14.8. The van der Waals surface area contributed by atoms with E-state index in [1.54, 1.807) is 6.92 Å². The molecule has 18 heavy (non-hydrogen) atoms. The molecule has 1 heterocycles. The topological polar surface area (TPSA) is 32.9 Å². The van der Waals surface area contributed by atoms with Gasteiger partial charge in [0.1, 0.15) is 0 Å². The Morgan fingerprint density at radius 3 is 2.61 bits per heavy atom. The summed E-state index contributed by atoms with van der Waals surface area (Å²) in [5.74, 6) is 0.0907. The number of benzene rings is 2. The lowest BCUT2D eigenvalue weighted by Gasteiger charge is -2.00. The number of aromatic nitrogens is 1. The molecule has 0 aliphatic heterocycles. The van der Waals surface area contributed by atoms with Crippen molar-refractivity contribution in [2.45, 2.75) is 6.92 Å². The fourth-order valence-electron chi connectivity index (χ4n) is 2.13. The van der Waals surface area contributed by atoms with Crippen molar-refractivity contribution in [1.82, 2.24) is 4.98 Å². The van der Waals surface area contributed by atoms with Gasteiger partial charge in [-0.3, -0.25) is 4.79 Å². The van der Waals surface area contributed by atoms with Crippen LogP contribution in [0.4, 0.5) is 0 Å². The van der Waals surface area contributed by atoms with Crippen molar-refractivity contribution in [3.63, 3.8) is 0 Å². The van der Waals surface area contributed by atoms with Crippen LogP contribution in [0, 0.1) is 0 Å². The van der Waals surface area contributed by atoms with Gasteiger partial charge < -0.3 is 4.98 Å². The Morgan fingerprint density at radius 1 is 1.00 bits per heavy atom. The van der Waals surface area contributed by atoms with E-state index in [9.17, 15) is 4.79 Å². The van der Waals surface area contributed by atoms with Crippen molar-refractivity contribution in [2.75, 3.05) is 0 Å². The van der Waals surface area contributed by atoms with Gasteiger partial charge in [-0.15, -0.1) is 0 Å². The van der Waals surface area contributed by atoms with E-state index >= 15 is 0 Å². The number of ketones is 1. The SMILES string of the molecule is CC(=O)c1cccc(-c2cc3ccccc3[nH]2)c1. The van der Waals surface area contributed by atoms with E-state index in [0.29, 0.717) is 0 Å². The second-order valence-corrected chi connectivity index (χ2v) is 4.41. The highest BCUT2D eigenvalue weighted by molar-refractivity contribution is 5.95. The minimum atomic E-state index is 0.0907. The lowest BCUT2D eigenvalue weighted by Crippen LogP contribution is -1.91. The molecule has 2 aromatic carbocycles. The summed E-state index contributed by atoms with van der Waals surface area (Å²) in [6.45, 7) is 1.59. The van der Waals surface area contributed by atoms with Gasteiger partial charge in [0.2, 0.25) is 0 Å². The zero-order valence-corrected chi connectivity index (χ0v) is 10.1. The molecule has 3 aromatic rings. The van der Waals surface area contributed by atoms with Gasteiger partial charge in [0.25, 0.3) is 0 Å². The molecular weight excluding hydrogens is 222 g/mol. The largest absolute Gasteiger partial charge is 0.355 e. The van der Waals surface area contributed by atoms with Crippen LogP contribution in [0.1, 0.15) is 17.3 Å². The molecule has 0 aliphatic carbocycles. The number of H-pyrrole nitrogens is 1. The van der Waals surface area contributed by atoms with Gasteiger partial charge in [-0.2, -0.15) is 0 Å². The van der Waals surface area contributed by atoms with E-state index in [1.165, 1.54) is 5.39 Å². The predicted octanol–water partition coefficient (Wildman–Crippen LogP) is 4.04. The van der Waals surface area contributed by atoms with Crippen molar-refractivity contribution in [2.24, 2.45) is 0 Å². The first kappa shape index (κ1) is 10.8. The fourth-order valence-corrected chi connectivity index (χ4v) is 2.13. The van der Waals surface area contributed by atoms with Crippen LogP contribution in [-0.2, 0) is 0 Å². The summed E-state index contributed by atoms with van der Waals surface area (Å²) in [5, 5.41) is 1.18. The van der Waals surface area contributed by atoms with Crippen molar-refractivity contribution in [3.8, 4) is 11.3 Å². The highest BCUT2D eigenvalue weighted by Gasteiger charge is 2.05. The molecule has 0 bridgehead atoms. The molecule has 1 N–H and O–H groups in total. The molecule has 1 aromatic heterocycles. The molecule has 3 rings (SSSR count). The van der Waals surface area contributed by atoms with Crippen LogP contribution >= 0.6 is 0 Å². The summed E-state index contributed by atoms with van der Waals surface area (Å²) in [6.07, 6.45) is 0. The third-order valence-corrected chi connectivity index (χ3v) is 3.11. The number of hydrogen-bond donors (Lipinski definition) is 1. The van der Waals surface area contributed by atoms with Crippen molar-refractivity contribution in [3.05, 3.63) is 60.2 Å². The molecule has 0 spiro atoms. The van der Waals surface area contributed by atoms with Gasteiger partial charge >= 0.3 is 0 Å². The normalized spacial score (nSPS) is 10.7. The Bertz CT molecular complexity index is 692. The van der Waals surface area contributed by atoms with E-state index in [0.717, 1.165) is 22.3 Å². The number of nitrogens with one attached hydrogen (secondary N) is 1. The zero-order valence-electron chi connectivity index (χ0n) is 10.1. The number of Topliss-reactive ketones (excluding diaryl/α,β-unsaturated/α-hetero) is 1. The van der Waals surface area contributed by atoms with Crippen LogP contribution in [-0.4, -0.2) is 10.8 Å². The number of rotatable bonds is 2. The molecule has 0 unspecified atom stereocenters. The Balaban J connectivity index is 2.13. The average molecular weight is 235 g/mol. The first-order valence-corrected chi connectivity index (χ1v) is 5.93. The van der Waals surface area contributed by atoms with E-state index in [2.05, 4.69) is 17.1 Å². The molecule has 88 valence electrons. The maximum absolute atomic E-state index is 11.4. The number of hydrogen-bond acceptors (Lipinski definition) is 1. The van der Waals surface area contributed by atoms with Gasteiger partial charge in [-0.1, -0.05) is 36.4 Å². The van der Waals surface area contributed by atoms with Crippen LogP contribution in [0.3, 0.4) is 0 Å². The van der Waals surface area contributed by atoms with Crippen molar-refractivity contribution >= 4 is 16.7 Å². The number of carbonyl (C=O) groups is 1. The number of aromatic amines is 1. The minimum absolute atomic E-state index is 0.0907. The second kappa shape index (κ2) is 4.15. The average Bonchev–Trinajstić information content (AvgIpc) is 2.82. The van der Waals surface area contributed by atoms with Crippen LogP contribution in [0.5, 0.6) is 0 Å². The lowest BCUT2D eigenvalue weighted by atomic mass is 10.1. The minimum Gasteiger partial charge on any atom is -0.355 e. The van der Waals surface area contributed by atoms with Crippen LogP contribution < -0.4 is 0 Å². The quantitative estimate of drug-likeness (QED) is 0.668. The summed E-state index contributed by atoms with van der Waals surface area (Å²) in [5.41, 5.74) is 3.94. The van der Waals surface area contributed by atoms with Gasteiger partial charge in [0.15, 0.2) is 5.78 Å². The Kier molecular flexibility index (Phi) is 2.49. The van der Waals surface area contributed by atoms with Crippen molar-refractivity contribution in [1.29, 1.82) is 0 Å². The molecule has 0 saturated carbocycles. The third-order valence-electron chi connectivity index (χ3n) is 3.11. The summed E-state index contributed by atoms with van der Waals surface area (Å²) in [6, 6.07) is 17.9. The third kappa shape index (κ3) is 1.82. The molecule has 0 radical (unpaired) electrons. The van der Waals surface area contributed by atoms with Gasteiger partial charge in [0.05, 0.1) is 0 Å². The van der Waals surface area contributed by atoms with Crippen LogP contribution in [0.2, 0.25) is 0 Å². The maximum atomic E-state index is 11.4. The van der Waals surface area contributed by atoms with Gasteiger partial charge in [-0.25, -0.2) is 0 Å². The standard InChI is InChI=1S/C16H13NO/c1-11(18)12-6-4-7-13(9-12)16-10-14-5-2-3-8-15(14)17-16/h2-10,17H,1H3. The highest BCUT2D eigenvalue weighted by atomic mass is 16.1. The molecule has 2 heteroatoms. The smallest absolute Gasteiger partial charge is 0.159 e. The predicted molar refractivity (Wildman–Crippen MR) is 73.7 cm³/mol. The Morgan fingerprint density at radius 2 is 1.83 bits per heavy atom. The maximum Gasteiger partial charge on any atom is 0.159 e. The first-order chi connectivity index (χ1) is 8.74. The summed E-state index contributed by atoms with van der Waals surface area (Å²) >= 11 is 0. The van der Waals surface area contributed by atoms with Gasteiger partial charge in [-0.05, 0) is 30.7 Å². The molecule has 0 fully saturated rings. The second-order valence-electron chi connectivity index (χ2n) is 4.41. The van der Waals surface area contributed by atoms with Crippen LogP contribution in [0.25, 0.3) is 22.2 Å². The van der Waals surface area contributed by atoms with Gasteiger partial charge in [0, 0.05) is 22.2 Å². The van der Waals surface area contributed by atoms with Crippen molar-refractivity contribution < 1.29 is 4.79 Å². The molecule has 0 aliphatic rings. The highest BCUT2D eigenvalue weighted by Crippen LogP contribution is 2.24.